The molecule has 0 unspecified atom stereocenters. The number of nitriles is 2. The van der Waals surface area contributed by atoms with Crippen molar-refractivity contribution in [3.63, 3.8) is 0 Å². The van der Waals surface area contributed by atoms with E-state index in [-0.39, 0.29) is 16.9 Å². The van der Waals surface area contributed by atoms with Gasteiger partial charge in [0.2, 0.25) is 0 Å². The van der Waals surface area contributed by atoms with Crippen molar-refractivity contribution in [3.8, 4) is 23.6 Å². The van der Waals surface area contributed by atoms with E-state index in [9.17, 15) is 15.3 Å². The van der Waals surface area contributed by atoms with Crippen LogP contribution < -0.4 is 9.47 Å². The molecule has 5 nitrogen and oxygen atoms in total. The van der Waals surface area contributed by atoms with Crippen molar-refractivity contribution in [2.24, 2.45) is 0 Å². The van der Waals surface area contributed by atoms with Crippen molar-refractivity contribution in [2.75, 3.05) is 6.61 Å². The lowest BCUT2D eigenvalue weighted by Gasteiger charge is -2.12. The van der Waals surface area contributed by atoms with E-state index >= 15 is 0 Å². The van der Waals surface area contributed by atoms with Crippen molar-refractivity contribution >= 4 is 5.97 Å². The highest BCUT2D eigenvalue weighted by molar-refractivity contribution is 5.91. The normalized spacial score (nSPS) is 9.96. The van der Waals surface area contributed by atoms with E-state index in [1.807, 2.05) is 12.1 Å². The Bertz CT molecular complexity index is 864. The van der Waals surface area contributed by atoms with Gasteiger partial charge in [-0.3, -0.25) is 0 Å². The summed E-state index contributed by atoms with van der Waals surface area (Å²) in [6.07, 6.45) is 6.80. The van der Waals surface area contributed by atoms with Crippen molar-refractivity contribution in [3.05, 3.63) is 59.2 Å². The number of hydrogen-bond donors (Lipinski definition) is 0. The molecule has 0 N–H and O–H groups in total. The first-order valence-corrected chi connectivity index (χ1v) is 9.58. The smallest absolute Gasteiger partial charge is 0.343 e. The Morgan fingerprint density at radius 3 is 2.14 bits per heavy atom. The second kappa shape index (κ2) is 11.4. The molecule has 28 heavy (non-hydrogen) atoms. The SMILES string of the molecule is CCCCCCCCOc1ccc(OC(=O)c2ccccc2)c(C#N)c1C#N. The van der Waals surface area contributed by atoms with Gasteiger partial charge in [0.05, 0.1) is 12.2 Å². The van der Waals surface area contributed by atoms with Crippen LogP contribution in [0.2, 0.25) is 0 Å². The third-order valence-corrected chi connectivity index (χ3v) is 4.32. The summed E-state index contributed by atoms with van der Waals surface area (Å²) < 4.78 is 11.0. The highest BCUT2D eigenvalue weighted by atomic mass is 16.5. The number of ether oxygens (including phenoxy) is 2. The van der Waals surface area contributed by atoms with Gasteiger partial charge >= 0.3 is 5.97 Å². The van der Waals surface area contributed by atoms with Crippen LogP contribution in [0.4, 0.5) is 0 Å². The van der Waals surface area contributed by atoms with Crippen LogP contribution in [0.25, 0.3) is 0 Å². The maximum atomic E-state index is 12.2. The predicted molar refractivity (Wildman–Crippen MR) is 106 cm³/mol. The van der Waals surface area contributed by atoms with Crippen LogP contribution in [-0.4, -0.2) is 12.6 Å². The van der Waals surface area contributed by atoms with E-state index < -0.39 is 5.97 Å². The minimum Gasteiger partial charge on any atom is -0.492 e. The third-order valence-electron chi connectivity index (χ3n) is 4.32. The van der Waals surface area contributed by atoms with Crippen molar-refractivity contribution < 1.29 is 14.3 Å². The summed E-state index contributed by atoms with van der Waals surface area (Å²) in [5.74, 6) is -0.186. The van der Waals surface area contributed by atoms with E-state index in [0.717, 1.165) is 12.8 Å². The third kappa shape index (κ3) is 5.86. The second-order valence-electron chi connectivity index (χ2n) is 6.41. The number of nitrogens with zero attached hydrogens (tertiary/aromatic N) is 2. The summed E-state index contributed by atoms with van der Waals surface area (Å²) in [6.45, 7) is 2.66. The highest BCUT2D eigenvalue weighted by Crippen LogP contribution is 2.30. The Kier molecular flexibility index (Phi) is 8.56. The monoisotopic (exact) mass is 376 g/mol. The fraction of sp³-hybridized carbons (Fsp3) is 0.348. The van der Waals surface area contributed by atoms with Crippen LogP contribution in [0.1, 0.15) is 66.9 Å². The minimum atomic E-state index is -0.582. The number of esters is 1. The van der Waals surface area contributed by atoms with E-state index in [1.165, 1.54) is 31.7 Å². The minimum absolute atomic E-state index is 0.00669. The van der Waals surface area contributed by atoms with E-state index in [4.69, 9.17) is 9.47 Å². The first-order valence-electron chi connectivity index (χ1n) is 9.58. The van der Waals surface area contributed by atoms with Gasteiger partial charge in [-0.25, -0.2) is 4.79 Å². The van der Waals surface area contributed by atoms with Gasteiger partial charge in [-0.2, -0.15) is 10.5 Å². The van der Waals surface area contributed by atoms with Crippen LogP contribution in [-0.2, 0) is 0 Å². The van der Waals surface area contributed by atoms with E-state index in [0.29, 0.717) is 17.9 Å². The molecule has 0 aliphatic heterocycles. The topological polar surface area (TPSA) is 83.1 Å². The van der Waals surface area contributed by atoms with Crippen LogP contribution in [0.3, 0.4) is 0 Å². The van der Waals surface area contributed by atoms with E-state index in [2.05, 4.69) is 6.92 Å². The lowest BCUT2D eigenvalue weighted by molar-refractivity contribution is 0.0734. The van der Waals surface area contributed by atoms with Crippen LogP contribution >= 0.6 is 0 Å². The molecule has 2 rings (SSSR count). The average Bonchev–Trinajstić information content (AvgIpc) is 2.73. The maximum absolute atomic E-state index is 12.2. The van der Waals surface area contributed by atoms with Gasteiger partial charge in [-0.05, 0) is 30.7 Å². The molecule has 0 fully saturated rings. The number of unbranched alkanes of at least 4 members (excludes halogenated alkanes) is 5. The molecule has 0 heterocycles. The van der Waals surface area contributed by atoms with Gasteiger partial charge in [-0.15, -0.1) is 0 Å². The lowest BCUT2D eigenvalue weighted by atomic mass is 10.1. The fourth-order valence-electron chi connectivity index (χ4n) is 2.79. The van der Waals surface area contributed by atoms with Crippen LogP contribution in [0.5, 0.6) is 11.5 Å². The Balaban J connectivity index is 2.05. The number of rotatable bonds is 10. The first kappa shape index (κ1) is 21.0. The molecular formula is C23H24N2O3. The number of carbonyl (C=O) groups excluding carboxylic acids is 1. The zero-order chi connectivity index (χ0) is 20.2. The molecule has 0 spiro atoms. The number of carbonyl (C=O) groups is 1. The molecule has 2 aromatic rings. The van der Waals surface area contributed by atoms with Crippen LogP contribution in [0, 0.1) is 22.7 Å². The molecule has 144 valence electrons. The van der Waals surface area contributed by atoms with Gasteiger partial charge in [-0.1, -0.05) is 57.2 Å². The molecule has 0 saturated heterocycles. The van der Waals surface area contributed by atoms with Gasteiger partial charge in [0, 0.05) is 0 Å². The summed E-state index contributed by atoms with van der Waals surface area (Å²) in [5.41, 5.74) is 0.465. The molecular weight excluding hydrogens is 352 g/mol. The Hall–Kier alpha value is -3.31. The summed E-state index contributed by atoms with van der Waals surface area (Å²) >= 11 is 0. The Morgan fingerprint density at radius 1 is 0.857 bits per heavy atom. The zero-order valence-electron chi connectivity index (χ0n) is 16.1. The number of hydrogen-bond acceptors (Lipinski definition) is 5. The molecule has 0 bridgehead atoms. The van der Waals surface area contributed by atoms with Crippen LogP contribution in [0.15, 0.2) is 42.5 Å². The lowest BCUT2D eigenvalue weighted by Crippen LogP contribution is -2.10. The molecule has 0 aromatic heterocycles. The summed E-state index contributed by atoms with van der Waals surface area (Å²) in [4.78, 5) is 12.2. The van der Waals surface area contributed by atoms with Crippen molar-refractivity contribution in [1.82, 2.24) is 0 Å². The molecule has 2 aromatic carbocycles. The summed E-state index contributed by atoms with van der Waals surface area (Å²) in [5, 5.41) is 19.0. The Labute approximate surface area is 166 Å². The fourth-order valence-corrected chi connectivity index (χ4v) is 2.79. The first-order chi connectivity index (χ1) is 13.7. The molecule has 0 amide bonds. The maximum Gasteiger partial charge on any atom is 0.343 e. The molecule has 0 atom stereocenters. The Morgan fingerprint density at radius 2 is 1.46 bits per heavy atom. The molecule has 0 aliphatic rings. The molecule has 0 saturated carbocycles. The van der Waals surface area contributed by atoms with Gasteiger partial charge < -0.3 is 9.47 Å². The molecule has 0 radical (unpaired) electrons. The van der Waals surface area contributed by atoms with E-state index in [1.54, 1.807) is 36.4 Å². The number of benzene rings is 2. The average molecular weight is 376 g/mol. The summed E-state index contributed by atoms with van der Waals surface area (Å²) in [6, 6.07) is 15.5. The van der Waals surface area contributed by atoms with Gasteiger partial charge in [0.25, 0.3) is 0 Å². The largest absolute Gasteiger partial charge is 0.492 e. The molecule has 5 heteroatoms. The highest BCUT2D eigenvalue weighted by Gasteiger charge is 2.18. The standard InChI is InChI=1S/C23H24N2O3/c1-2-3-4-5-6-10-15-27-21-13-14-22(20(17-25)19(21)16-24)28-23(26)18-11-8-7-9-12-18/h7-9,11-14H,2-6,10,15H2,1H3. The van der Waals surface area contributed by atoms with Gasteiger partial charge in [0.15, 0.2) is 5.75 Å². The van der Waals surface area contributed by atoms with Crippen molar-refractivity contribution in [1.29, 1.82) is 10.5 Å². The zero-order valence-corrected chi connectivity index (χ0v) is 16.1. The molecule has 0 aliphatic carbocycles. The van der Waals surface area contributed by atoms with Gasteiger partial charge in [0.1, 0.15) is 29.0 Å². The predicted octanol–water partition coefficient (Wildman–Crippen LogP) is 5.39. The quantitative estimate of drug-likeness (QED) is 0.315. The summed E-state index contributed by atoms with van der Waals surface area (Å²) in [7, 11) is 0. The second-order valence-corrected chi connectivity index (χ2v) is 6.41. The van der Waals surface area contributed by atoms with Crippen molar-refractivity contribution in [2.45, 2.75) is 45.4 Å².